The summed E-state index contributed by atoms with van der Waals surface area (Å²) in [7, 11) is 0. The summed E-state index contributed by atoms with van der Waals surface area (Å²) in [5.74, 6) is -3.64. The fourth-order valence-electron chi connectivity index (χ4n) is 10.5. The van der Waals surface area contributed by atoms with Crippen LogP contribution in [0.15, 0.2) is 0 Å². The van der Waals surface area contributed by atoms with E-state index >= 15 is 0 Å². The SMILES string of the molecule is CCCCCCCCCC(=O)OC1C(OC(=O)CCCCCCCCC)C(OC(=O)CCCCCCCCC)C(OC(=O)CCCCCCCCC)C(OC(=O)CCCCCCCCC)C1OC(=O)CCCCCCCCC. The van der Waals surface area contributed by atoms with Gasteiger partial charge in [-0.2, -0.15) is 0 Å². The molecule has 0 atom stereocenters. The van der Waals surface area contributed by atoms with Crippen LogP contribution in [0.4, 0.5) is 0 Å². The van der Waals surface area contributed by atoms with E-state index in [1.165, 1.54) is 0 Å². The number of carbonyl (C=O) groups is 6. The van der Waals surface area contributed by atoms with Gasteiger partial charge >= 0.3 is 35.8 Å². The van der Waals surface area contributed by atoms with E-state index in [1.807, 2.05) is 0 Å². The highest BCUT2D eigenvalue weighted by Crippen LogP contribution is 2.36. The first-order valence-corrected chi connectivity index (χ1v) is 33.2. The quantitative estimate of drug-likeness (QED) is 0.0323. The molecule has 12 heteroatoms. The number of hydrogen-bond acceptors (Lipinski definition) is 12. The maximum Gasteiger partial charge on any atom is 0.306 e. The van der Waals surface area contributed by atoms with Crippen molar-refractivity contribution in [1.29, 1.82) is 0 Å². The molecule has 0 unspecified atom stereocenters. The number of ether oxygens (including phenoxy) is 6. The van der Waals surface area contributed by atoms with Gasteiger partial charge in [-0.1, -0.05) is 273 Å². The molecule has 1 saturated carbocycles. The number of unbranched alkanes of at least 4 members (excludes halogenated alkanes) is 36. The van der Waals surface area contributed by atoms with E-state index in [1.54, 1.807) is 0 Å². The van der Waals surface area contributed by atoms with E-state index < -0.39 is 72.4 Å². The van der Waals surface area contributed by atoms with Crippen molar-refractivity contribution in [3.8, 4) is 0 Å². The van der Waals surface area contributed by atoms with Crippen LogP contribution in [0.25, 0.3) is 0 Å². The van der Waals surface area contributed by atoms with Crippen LogP contribution in [0.5, 0.6) is 0 Å². The minimum atomic E-state index is -1.55. The third-order valence-corrected chi connectivity index (χ3v) is 15.5. The average Bonchev–Trinajstić information content (AvgIpc) is 3.42. The molecule has 12 nitrogen and oxygen atoms in total. The molecule has 0 aromatic rings. The second kappa shape index (κ2) is 51.9. The second-order valence-corrected chi connectivity index (χ2v) is 23.0. The molecular formula is C66H120O12. The second-order valence-electron chi connectivity index (χ2n) is 23.0. The first-order valence-electron chi connectivity index (χ1n) is 33.2. The summed E-state index contributed by atoms with van der Waals surface area (Å²) in [6.07, 6.45) is 31.8. The van der Waals surface area contributed by atoms with Crippen molar-refractivity contribution >= 4 is 35.8 Å². The molecule has 0 aliphatic heterocycles. The van der Waals surface area contributed by atoms with Crippen molar-refractivity contribution in [2.24, 2.45) is 0 Å². The van der Waals surface area contributed by atoms with Crippen LogP contribution in [-0.2, 0) is 57.2 Å². The highest BCUT2D eigenvalue weighted by atomic mass is 16.7. The monoisotopic (exact) mass is 1100 g/mol. The Morgan fingerprint density at radius 1 is 0.179 bits per heavy atom. The topological polar surface area (TPSA) is 158 Å². The van der Waals surface area contributed by atoms with Crippen molar-refractivity contribution in [3.05, 3.63) is 0 Å². The van der Waals surface area contributed by atoms with Gasteiger partial charge in [0.1, 0.15) is 0 Å². The highest BCUT2D eigenvalue weighted by Gasteiger charge is 2.61. The lowest BCUT2D eigenvalue weighted by atomic mass is 9.83. The summed E-state index contributed by atoms with van der Waals surface area (Å²) < 4.78 is 38.4. The number of carbonyl (C=O) groups excluding carboxylic acids is 6. The summed E-state index contributed by atoms with van der Waals surface area (Å²) in [4.78, 5) is 85.4. The number of rotatable bonds is 54. The lowest BCUT2D eigenvalue weighted by molar-refractivity contribution is -0.262. The lowest BCUT2D eigenvalue weighted by Crippen LogP contribution is -2.69. The molecule has 0 N–H and O–H groups in total. The van der Waals surface area contributed by atoms with Gasteiger partial charge in [-0.25, -0.2) is 0 Å². The van der Waals surface area contributed by atoms with Crippen LogP contribution in [0.1, 0.15) is 350 Å². The number of esters is 6. The van der Waals surface area contributed by atoms with Gasteiger partial charge in [0.15, 0.2) is 36.6 Å². The van der Waals surface area contributed by atoms with Crippen LogP contribution in [0.2, 0.25) is 0 Å². The molecule has 1 fully saturated rings. The third kappa shape index (κ3) is 38.5. The third-order valence-electron chi connectivity index (χ3n) is 15.5. The Balaban J connectivity index is 3.95. The fourth-order valence-corrected chi connectivity index (χ4v) is 10.5. The Hall–Kier alpha value is -3.18. The van der Waals surface area contributed by atoms with Crippen LogP contribution < -0.4 is 0 Å². The van der Waals surface area contributed by atoms with E-state index in [0.717, 1.165) is 231 Å². The van der Waals surface area contributed by atoms with Gasteiger partial charge in [-0.15, -0.1) is 0 Å². The smallest absolute Gasteiger partial charge is 0.306 e. The van der Waals surface area contributed by atoms with Gasteiger partial charge < -0.3 is 28.4 Å². The molecule has 0 aromatic heterocycles. The number of hydrogen-bond donors (Lipinski definition) is 0. The van der Waals surface area contributed by atoms with E-state index in [4.69, 9.17) is 28.4 Å². The molecular weight excluding hydrogens is 985 g/mol. The Labute approximate surface area is 477 Å². The minimum Gasteiger partial charge on any atom is -0.454 e. The van der Waals surface area contributed by atoms with Gasteiger partial charge in [-0.05, 0) is 38.5 Å². The largest absolute Gasteiger partial charge is 0.454 e. The van der Waals surface area contributed by atoms with Crippen LogP contribution in [0.3, 0.4) is 0 Å². The van der Waals surface area contributed by atoms with E-state index in [2.05, 4.69) is 41.5 Å². The Morgan fingerprint density at radius 2 is 0.282 bits per heavy atom. The summed E-state index contributed by atoms with van der Waals surface area (Å²) >= 11 is 0. The van der Waals surface area contributed by atoms with Crippen LogP contribution >= 0.6 is 0 Å². The van der Waals surface area contributed by atoms with Gasteiger partial charge in [0, 0.05) is 38.5 Å². The molecule has 0 radical (unpaired) electrons. The molecule has 1 aliphatic carbocycles. The molecule has 456 valence electrons. The van der Waals surface area contributed by atoms with Crippen molar-refractivity contribution in [3.63, 3.8) is 0 Å². The van der Waals surface area contributed by atoms with Crippen molar-refractivity contribution in [2.75, 3.05) is 0 Å². The van der Waals surface area contributed by atoms with E-state index in [9.17, 15) is 28.8 Å². The standard InChI is InChI=1S/C66H120O12/c1-7-13-19-25-31-37-43-49-55(67)73-61-62(74-56(68)50-44-38-32-26-20-14-8-2)64(76-58(70)52-46-40-34-28-22-16-10-4)66(78-60(72)54-48-42-36-30-24-18-12-6)65(77-59(71)53-47-41-35-29-23-17-11-5)63(61)75-57(69)51-45-39-33-27-21-15-9-3/h61-66H,7-54H2,1-6H3. The normalized spacial score (nSPS) is 18.1. The zero-order chi connectivity index (χ0) is 57.1. The Morgan fingerprint density at radius 3 is 0.397 bits per heavy atom. The zero-order valence-electron chi connectivity index (χ0n) is 51.3. The maximum atomic E-state index is 14.2. The first-order chi connectivity index (χ1) is 38.1. The molecule has 0 heterocycles. The van der Waals surface area contributed by atoms with Crippen LogP contribution in [0, 0.1) is 0 Å². The van der Waals surface area contributed by atoms with Crippen molar-refractivity contribution in [2.45, 2.75) is 386 Å². The zero-order valence-corrected chi connectivity index (χ0v) is 51.3. The molecule has 0 aromatic carbocycles. The Bertz CT molecular complexity index is 1190. The van der Waals surface area contributed by atoms with Crippen LogP contribution in [-0.4, -0.2) is 72.4 Å². The Kier molecular flexibility index (Phi) is 48.5. The first kappa shape index (κ1) is 72.8. The maximum absolute atomic E-state index is 14.2. The summed E-state index contributed by atoms with van der Waals surface area (Å²) in [6.45, 7) is 13.1. The fraction of sp³-hybridized carbons (Fsp3) is 0.909. The molecule has 0 amide bonds. The predicted molar refractivity (Wildman–Crippen MR) is 315 cm³/mol. The molecule has 78 heavy (non-hydrogen) atoms. The van der Waals surface area contributed by atoms with E-state index in [-0.39, 0.29) is 38.5 Å². The molecule has 1 aliphatic rings. The van der Waals surface area contributed by atoms with Crippen molar-refractivity contribution < 1.29 is 57.2 Å². The van der Waals surface area contributed by atoms with E-state index in [0.29, 0.717) is 38.5 Å². The van der Waals surface area contributed by atoms with Crippen molar-refractivity contribution in [1.82, 2.24) is 0 Å². The predicted octanol–water partition coefficient (Wildman–Crippen LogP) is 18.3. The van der Waals surface area contributed by atoms with Gasteiger partial charge in [-0.3, -0.25) is 28.8 Å². The summed E-state index contributed by atoms with van der Waals surface area (Å²) in [6, 6.07) is 0. The van der Waals surface area contributed by atoms with Gasteiger partial charge in [0.2, 0.25) is 0 Å². The lowest BCUT2D eigenvalue weighted by Gasteiger charge is -2.47. The van der Waals surface area contributed by atoms with Gasteiger partial charge in [0.05, 0.1) is 0 Å². The van der Waals surface area contributed by atoms with Gasteiger partial charge in [0.25, 0.3) is 0 Å². The summed E-state index contributed by atoms with van der Waals surface area (Å²) in [5, 5.41) is 0. The molecule has 0 saturated heterocycles. The molecule has 1 rings (SSSR count). The molecule has 0 bridgehead atoms. The average molecular weight is 1110 g/mol. The highest BCUT2D eigenvalue weighted by molar-refractivity contribution is 5.74. The summed E-state index contributed by atoms with van der Waals surface area (Å²) in [5.41, 5.74) is 0. The molecule has 0 spiro atoms. The minimum absolute atomic E-state index is 0.0456.